The van der Waals surface area contributed by atoms with Crippen molar-refractivity contribution in [2.45, 2.75) is 58.4 Å². The maximum absolute atomic E-state index is 11.7. The molecule has 112 valence electrons. The van der Waals surface area contributed by atoms with Gasteiger partial charge in [-0.3, -0.25) is 4.79 Å². The number of likely N-dealkylation sites (N-methyl/N-ethyl adjacent to an activating group) is 1. The van der Waals surface area contributed by atoms with Crippen molar-refractivity contribution in [3.8, 4) is 0 Å². The van der Waals surface area contributed by atoms with Gasteiger partial charge in [0.25, 0.3) is 0 Å². The Hall–Kier alpha value is -0.610. The van der Waals surface area contributed by atoms with Gasteiger partial charge in [-0.25, -0.2) is 0 Å². The van der Waals surface area contributed by atoms with Gasteiger partial charge in [0, 0.05) is 13.1 Å². The van der Waals surface area contributed by atoms with E-state index >= 15 is 0 Å². The van der Waals surface area contributed by atoms with Gasteiger partial charge in [0.2, 0.25) is 0 Å². The monoisotopic (exact) mass is 270 g/mol. The van der Waals surface area contributed by atoms with Crippen LogP contribution in [0.4, 0.5) is 0 Å². The molecular weight excluding hydrogens is 240 g/mol. The molecule has 2 N–H and O–H groups in total. The number of nitrogens with zero attached hydrogens (tertiary/aromatic N) is 1. The summed E-state index contributed by atoms with van der Waals surface area (Å²) in [5, 5.41) is 13.0. The highest BCUT2D eigenvalue weighted by molar-refractivity contribution is 5.79. The first kappa shape index (κ1) is 16.4. The third-order valence-electron chi connectivity index (χ3n) is 4.63. The highest BCUT2D eigenvalue weighted by Crippen LogP contribution is 2.34. The minimum Gasteiger partial charge on any atom is -0.480 e. The summed E-state index contributed by atoms with van der Waals surface area (Å²) >= 11 is 0. The van der Waals surface area contributed by atoms with Crippen LogP contribution in [-0.2, 0) is 4.79 Å². The van der Waals surface area contributed by atoms with Crippen LogP contribution in [0.15, 0.2) is 0 Å². The molecule has 4 heteroatoms. The summed E-state index contributed by atoms with van der Waals surface area (Å²) < 4.78 is 0. The van der Waals surface area contributed by atoms with Crippen LogP contribution >= 0.6 is 0 Å². The summed E-state index contributed by atoms with van der Waals surface area (Å²) in [4.78, 5) is 14.0. The minimum atomic E-state index is -0.675. The van der Waals surface area contributed by atoms with Crippen LogP contribution in [0, 0.1) is 5.92 Å². The second kappa shape index (κ2) is 7.85. The molecule has 0 aromatic carbocycles. The molecule has 0 amide bonds. The van der Waals surface area contributed by atoms with Crippen molar-refractivity contribution in [3.05, 3.63) is 0 Å². The number of aliphatic carboxylic acids is 1. The van der Waals surface area contributed by atoms with Crippen molar-refractivity contribution in [2.75, 3.05) is 26.2 Å². The molecule has 1 fully saturated rings. The van der Waals surface area contributed by atoms with Gasteiger partial charge < -0.3 is 15.3 Å². The minimum absolute atomic E-state index is 0.561. The van der Waals surface area contributed by atoms with Gasteiger partial charge in [-0.2, -0.15) is 0 Å². The van der Waals surface area contributed by atoms with E-state index in [1.165, 1.54) is 6.42 Å². The van der Waals surface area contributed by atoms with Crippen LogP contribution in [0.1, 0.15) is 52.9 Å². The summed E-state index contributed by atoms with van der Waals surface area (Å²) in [5.74, 6) is -0.101. The molecule has 0 aromatic heterocycles. The van der Waals surface area contributed by atoms with Gasteiger partial charge >= 0.3 is 5.97 Å². The fourth-order valence-corrected chi connectivity index (χ4v) is 3.16. The third kappa shape index (κ3) is 4.46. The number of carboxylic acids is 1. The van der Waals surface area contributed by atoms with E-state index in [1.807, 2.05) is 0 Å². The van der Waals surface area contributed by atoms with Gasteiger partial charge in [0.05, 0.1) is 0 Å². The van der Waals surface area contributed by atoms with E-state index in [2.05, 4.69) is 31.0 Å². The Morgan fingerprint density at radius 1 is 1.37 bits per heavy atom. The third-order valence-corrected chi connectivity index (χ3v) is 4.63. The van der Waals surface area contributed by atoms with Crippen LogP contribution in [0.3, 0.4) is 0 Å². The summed E-state index contributed by atoms with van der Waals surface area (Å²) in [6, 6.07) is 0. The zero-order chi connectivity index (χ0) is 14.3. The Morgan fingerprint density at radius 3 is 2.58 bits per heavy atom. The maximum Gasteiger partial charge on any atom is 0.323 e. The van der Waals surface area contributed by atoms with Crippen molar-refractivity contribution < 1.29 is 9.90 Å². The Kier molecular flexibility index (Phi) is 6.80. The molecular formula is C15H30N2O2. The average Bonchev–Trinajstić information content (AvgIpc) is 2.43. The van der Waals surface area contributed by atoms with Crippen molar-refractivity contribution in [1.29, 1.82) is 0 Å². The molecule has 0 heterocycles. The maximum atomic E-state index is 11.7. The number of carbonyl (C=O) groups is 1. The molecule has 4 nitrogen and oxygen atoms in total. The van der Waals surface area contributed by atoms with Crippen LogP contribution in [0.5, 0.6) is 0 Å². The van der Waals surface area contributed by atoms with Crippen molar-refractivity contribution in [3.63, 3.8) is 0 Å². The topological polar surface area (TPSA) is 52.6 Å². The highest BCUT2D eigenvalue weighted by Gasteiger charge is 2.41. The molecule has 2 unspecified atom stereocenters. The number of hydrogen-bond acceptors (Lipinski definition) is 3. The fraction of sp³-hybridized carbons (Fsp3) is 0.933. The SMILES string of the molecule is CCC1CCCC(NCCN(CC)CC)(C(=O)O)C1. The smallest absolute Gasteiger partial charge is 0.323 e. The number of carboxylic acid groups (broad SMARTS) is 1. The summed E-state index contributed by atoms with van der Waals surface area (Å²) in [6.07, 6.45) is 4.87. The van der Waals surface area contributed by atoms with E-state index in [-0.39, 0.29) is 0 Å². The van der Waals surface area contributed by atoms with Crippen LogP contribution < -0.4 is 5.32 Å². The molecule has 0 aromatic rings. The zero-order valence-electron chi connectivity index (χ0n) is 12.7. The summed E-state index contributed by atoms with van der Waals surface area (Å²) in [6.45, 7) is 10.2. The van der Waals surface area contributed by atoms with Crippen molar-refractivity contribution >= 4 is 5.97 Å². The van der Waals surface area contributed by atoms with E-state index in [1.54, 1.807) is 0 Å². The number of hydrogen-bond donors (Lipinski definition) is 2. The summed E-state index contributed by atoms with van der Waals surface area (Å²) in [7, 11) is 0. The molecule has 0 saturated heterocycles. The second-order valence-corrected chi connectivity index (χ2v) is 5.71. The lowest BCUT2D eigenvalue weighted by molar-refractivity contribution is -0.147. The first-order valence-electron chi connectivity index (χ1n) is 7.78. The van der Waals surface area contributed by atoms with Crippen LogP contribution in [0.2, 0.25) is 0 Å². The summed E-state index contributed by atoms with van der Waals surface area (Å²) in [5.41, 5.74) is -0.675. The predicted molar refractivity (Wildman–Crippen MR) is 78.4 cm³/mol. The van der Waals surface area contributed by atoms with Gasteiger partial charge in [-0.05, 0) is 31.8 Å². The first-order chi connectivity index (χ1) is 9.07. The van der Waals surface area contributed by atoms with Gasteiger partial charge in [-0.15, -0.1) is 0 Å². The van der Waals surface area contributed by atoms with E-state index in [9.17, 15) is 9.90 Å². The number of nitrogens with one attached hydrogen (secondary N) is 1. The highest BCUT2D eigenvalue weighted by atomic mass is 16.4. The quantitative estimate of drug-likeness (QED) is 0.711. The lowest BCUT2D eigenvalue weighted by Crippen LogP contribution is -2.56. The van der Waals surface area contributed by atoms with E-state index in [0.29, 0.717) is 5.92 Å². The Bertz CT molecular complexity index is 279. The molecule has 1 rings (SSSR count). The molecule has 0 spiro atoms. The van der Waals surface area contributed by atoms with E-state index < -0.39 is 11.5 Å². The Balaban J connectivity index is 2.54. The molecule has 2 atom stereocenters. The molecule has 0 radical (unpaired) electrons. The molecule has 0 aliphatic heterocycles. The Labute approximate surface area is 117 Å². The molecule has 1 aliphatic rings. The van der Waals surface area contributed by atoms with E-state index in [4.69, 9.17) is 0 Å². The van der Waals surface area contributed by atoms with Gasteiger partial charge in [0.1, 0.15) is 5.54 Å². The van der Waals surface area contributed by atoms with Crippen LogP contribution in [-0.4, -0.2) is 47.7 Å². The van der Waals surface area contributed by atoms with Crippen molar-refractivity contribution in [1.82, 2.24) is 10.2 Å². The van der Waals surface area contributed by atoms with Crippen molar-refractivity contribution in [2.24, 2.45) is 5.92 Å². The first-order valence-corrected chi connectivity index (χ1v) is 7.78. The largest absolute Gasteiger partial charge is 0.480 e. The molecule has 19 heavy (non-hydrogen) atoms. The molecule has 1 aliphatic carbocycles. The van der Waals surface area contributed by atoms with E-state index in [0.717, 1.165) is 51.9 Å². The lowest BCUT2D eigenvalue weighted by atomic mass is 9.74. The van der Waals surface area contributed by atoms with Gasteiger partial charge in [-0.1, -0.05) is 40.0 Å². The van der Waals surface area contributed by atoms with Crippen LogP contribution in [0.25, 0.3) is 0 Å². The molecule has 0 bridgehead atoms. The number of rotatable bonds is 8. The zero-order valence-corrected chi connectivity index (χ0v) is 12.7. The lowest BCUT2D eigenvalue weighted by Gasteiger charge is -2.38. The van der Waals surface area contributed by atoms with Gasteiger partial charge in [0.15, 0.2) is 0 Å². The average molecular weight is 270 g/mol. The predicted octanol–water partition coefficient (Wildman–Crippen LogP) is 2.34. The normalized spacial score (nSPS) is 27.7. The Morgan fingerprint density at radius 2 is 2.05 bits per heavy atom. The second-order valence-electron chi connectivity index (χ2n) is 5.71. The fourth-order valence-electron chi connectivity index (χ4n) is 3.16. The standard InChI is InChI=1S/C15H30N2O2/c1-4-13-8-7-9-15(12-13,14(18)19)16-10-11-17(5-2)6-3/h13,16H,4-12H2,1-3H3,(H,18,19). The molecule has 1 saturated carbocycles.